The summed E-state index contributed by atoms with van der Waals surface area (Å²) in [5.41, 5.74) is -3.30. The minimum absolute atomic E-state index is 0.269. The molecule has 1 aromatic heterocycles. The molecule has 0 bridgehead atoms. The highest BCUT2D eigenvalue weighted by atomic mass is 19.3. The fourth-order valence-electron chi connectivity index (χ4n) is 1.24. The van der Waals surface area contributed by atoms with Crippen molar-refractivity contribution in [1.29, 1.82) is 0 Å². The van der Waals surface area contributed by atoms with Crippen molar-refractivity contribution >= 4 is 11.7 Å². The first kappa shape index (κ1) is 12.9. The van der Waals surface area contributed by atoms with E-state index in [0.717, 1.165) is 0 Å². The number of aromatic nitrogens is 1. The van der Waals surface area contributed by atoms with Crippen molar-refractivity contribution in [2.24, 2.45) is 0 Å². The molecule has 0 radical (unpaired) electrons. The minimum atomic E-state index is -3.22. The fraction of sp³-hybridized carbons (Fsp3) is 0.250. The molecule has 1 rings (SSSR count). The highest BCUT2D eigenvalue weighted by Crippen LogP contribution is 2.30. The summed E-state index contributed by atoms with van der Waals surface area (Å²) in [6.07, 6.45) is -4.05. The summed E-state index contributed by atoms with van der Waals surface area (Å²) < 4.78 is 38.0. The predicted octanol–water partition coefficient (Wildman–Crippen LogP) is 1.69. The summed E-state index contributed by atoms with van der Waals surface area (Å²) >= 11 is 0. The van der Waals surface area contributed by atoms with Gasteiger partial charge in [-0.15, -0.1) is 0 Å². The van der Waals surface area contributed by atoms with Gasteiger partial charge >= 0.3 is 11.7 Å². The SMILES string of the molecule is O=C(O)Cc1c(C(F)F)ncc(F)c1[N+](=O)[O-]. The average molecular weight is 250 g/mol. The highest BCUT2D eigenvalue weighted by Gasteiger charge is 2.29. The quantitative estimate of drug-likeness (QED) is 0.648. The number of alkyl halides is 2. The van der Waals surface area contributed by atoms with Crippen LogP contribution in [-0.2, 0) is 11.2 Å². The lowest BCUT2D eigenvalue weighted by Crippen LogP contribution is -2.11. The molecule has 0 spiro atoms. The molecule has 0 aliphatic heterocycles. The Bertz CT molecular complexity index is 478. The van der Waals surface area contributed by atoms with E-state index in [-0.39, 0.29) is 6.20 Å². The first-order chi connectivity index (χ1) is 7.84. The Morgan fingerprint density at radius 3 is 2.59 bits per heavy atom. The zero-order valence-electron chi connectivity index (χ0n) is 8.06. The molecule has 6 nitrogen and oxygen atoms in total. The Kier molecular flexibility index (Phi) is 3.61. The number of nitrogens with zero attached hydrogens (tertiary/aromatic N) is 2. The first-order valence-electron chi connectivity index (χ1n) is 4.16. The summed E-state index contributed by atoms with van der Waals surface area (Å²) in [4.78, 5) is 22.6. The van der Waals surface area contributed by atoms with Crippen molar-refractivity contribution in [3.8, 4) is 0 Å². The Balaban J connectivity index is 3.49. The highest BCUT2D eigenvalue weighted by molar-refractivity contribution is 5.72. The van der Waals surface area contributed by atoms with Crippen LogP contribution < -0.4 is 0 Å². The van der Waals surface area contributed by atoms with Gasteiger partial charge in [-0.25, -0.2) is 8.78 Å². The molecule has 0 amide bonds. The van der Waals surface area contributed by atoms with E-state index >= 15 is 0 Å². The summed E-state index contributed by atoms with van der Waals surface area (Å²) in [7, 11) is 0. The second-order valence-electron chi connectivity index (χ2n) is 2.95. The van der Waals surface area contributed by atoms with Crippen molar-refractivity contribution in [2.75, 3.05) is 0 Å². The van der Waals surface area contributed by atoms with Gasteiger partial charge in [0.05, 0.1) is 23.1 Å². The lowest BCUT2D eigenvalue weighted by molar-refractivity contribution is -0.388. The van der Waals surface area contributed by atoms with Crippen LogP contribution in [0, 0.1) is 15.9 Å². The van der Waals surface area contributed by atoms with E-state index in [1.807, 2.05) is 0 Å². The van der Waals surface area contributed by atoms with Crippen molar-refractivity contribution in [3.63, 3.8) is 0 Å². The van der Waals surface area contributed by atoms with Gasteiger partial charge in [-0.1, -0.05) is 0 Å². The zero-order valence-corrected chi connectivity index (χ0v) is 8.06. The van der Waals surface area contributed by atoms with Gasteiger partial charge in [0.2, 0.25) is 5.82 Å². The van der Waals surface area contributed by atoms with Gasteiger partial charge < -0.3 is 5.11 Å². The number of halogens is 3. The Morgan fingerprint density at radius 2 is 2.18 bits per heavy atom. The molecule has 1 aromatic rings. The number of aliphatic carboxylic acids is 1. The topological polar surface area (TPSA) is 93.3 Å². The number of rotatable bonds is 4. The van der Waals surface area contributed by atoms with Crippen molar-refractivity contribution < 1.29 is 28.0 Å². The van der Waals surface area contributed by atoms with Crippen molar-refractivity contribution in [1.82, 2.24) is 4.98 Å². The number of nitro groups is 1. The van der Waals surface area contributed by atoms with Gasteiger partial charge in [0.1, 0.15) is 5.69 Å². The lowest BCUT2D eigenvalue weighted by atomic mass is 10.1. The smallest absolute Gasteiger partial charge is 0.312 e. The van der Waals surface area contributed by atoms with Crippen LogP contribution in [0.2, 0.25) is 0 Å². The predicted molar refractivity (Wildman–Crippen MR) is 47.1 cm³/mol. The lowest BCUT2D eigenvalue weighted by Gasteiger charge is -2.06. The van der Waals surface area contributed by atoms with Gasteiger partial charge in [-0.2, -0.15) is 4.39 Å². The molecule has 0 unspecified atom stereocenters. The molecular formula is C8H5F3N2O4. The van der Waals surface area contributed by atoms with Crippen LogP contribution in [0.15, 0.2) is 6.20 Å². The number of carbonyl (C=O) groups is 1. The van der Waals surface area contributed by atoms with Crippen LogP contribution in [0.1, 0.15) is 17.7 Å². The maximum absolute atomic E-state index is 13.1. The van der Waals surface area contributed by atoms with Crippen LogP contribution in [0.25, 0.3) is 0 Å². The van der Waals surface area contributed by atoms with E-state index in [0.29, 0.717) is 0 Å². The second kappa shape index (κ2) is 4.76. The molecule has 0 aromatic carbocycles. The van der Waals surface area contributed by atoms with Gasteiger partial charge in [-0.3, -0.25) is 19.9 Å². The molecule has 1 heterocycles. The van der Waals surface area contributed by atoms with E-state index in [9.17, 15) is 28.1 Å². The minimum Gasteiger partial charge on any atom is -0.481 e. The molecule has 1 N–H and O–H groups in total. The van der Waals surface area contributed by atoms with Crippen LogP contribution >= 0.6 is 0 Å². The van der Waals surface area contributed by atoms with Gasteiger partial charge in [-0.05, 0) is 0 Å². The molecule has 0 aliphatic carbocycles. The number of carboxylic acids is 1. The summed E-state index contributed by atoms with van der Waals surface area (Å²) in [5, 5.41) is 19.0. The summed E-state index contributed by atoms with van der Waals surface area (Å²) in [5.74, 6) is -3.04. The molecule has 0 saturated carbocycles. The number of hydrogen-bond donors (Lipinski definition) is 1. The fourth-order valence-corrected chi connectivity index (χ4v) is 1.24. The summed E-state index contributed by atoms with van der Waals surface area (Å²) in [6, 6.07) is 0. The molecule has 0 saturated heterocycles. The molecule has 0 fully saturated rings. The maximum atomic E-state index is 13.1. The standard InChI is InChI=1S/C8H5F3N2O4/c9-4-2-12-6(8(10)11)3(1-5(14)15)7(4)13(16)17/h2,8H,1H2,(H,14,15). The first-order valence-corrected chi connectivity index (χ1v) is 4.16. The number of pyridine rings is 1. The van der Waals surface area contributed by atoms with E-state index in [4.69, 9.17) is 5.11 Å². The van der Waals surface area contributed by atoms with E-state index in [1.54, 1.807) is 0 Å². The Labute approximate surface area is 91.9 Å². The van der Waals surface area contributed by atoms with E-state index in [2.05, 4.69) is 4.98 Å². The molecule has 0 atom stereocenters. The maximum Gasteiger partial charge on any atom is 0.312 e. The third kappa shape index (κ3) is 2.68. The molecule has 0 aliphatic rings. The van der Waals surface area contributed by atoms with Crippen molar-refractivity contribution in [3.05, 3.63) is 33.4 Å². The second-order valence-corrected chi connectivity index (χ2v) is 2.95. The van der Waals surface area contributed by atoms with Gasteiger partial charge in [0.15, 0.2) is 0 Å². The molecule has 17 heavy (non-hydrogen) atoms. The number of hydrogen-bond acceptors (Lipinski definition) is 4. The monoisotopic (exact) mass is 250 g/mol. The molecule has 9 heteroatoms. The summed E-state index contributed by atoms with van der Waals surface area (Å²) in [6.45, 7) is 0. The molecule has 92 valence electrons. The Morgan fingerprint density at radius 1 is 1.59 bits per heavy atom. The largest absolute Gasteiger partial charge is 0.481 e. The van der Waals surface area contributed by atoms with Crippen LogP contribution in [0.3, 0.4) is 0 Å². The van der Waals surface area contributed by atoms with Gasteiger partial charge in [0, 0.05) is 0 Å². The Hall–Kier alpha value is -2.19. The van der Waals surface area contributed by atoms with Crippen molar-refractivity contribution in [2.45, 2.75) is 12.8 Å². The molecular weight excluding hydrogens is 245 g/mol. The van der Waals surface area contributed by atoms with Crippen LogP contribution in [-0.4, -0.2) is 21.0 Å². The van der Waals surface area contributed by atoms with Crippen LogP contribution in [0.5, 0.6) is 0 Å². The number of carboxylic acid groups (broad SMARTS) is 1. The third-order valence-electron chi connectivity index (χ3n) is 1.86. The van der Waals surface area contributed by atoms with E-state index in [1.165, 1.54) is 0 Å². The van der Waals surface area contributed by atoms with Crippen LogP contribution in [0.4, 0.5) is 18.9 Å². The van der Waals surface area contributed by atoms with E-state index < -0.39 is 46.5 Å². The van der Waals surface area contributed by atoms with Gasteiger partial charge in [0.25, 0.3) is 6.43 Å². The average Bonchev–Trinajstić information content (AvgIpc) is 2.15. The zero-order chi connectivity index (χ0) is 13.2. The third-order valence-corrected chi connectivity index (χ3v) is 1.86. The normalized spacial score (nSPS) is 10.6.